The molecule has 0 saturated carbocycles. The van der Waals surface area contributed by atoms with E-state index in [0.717, 1.165) is 0 Å². The first-order chi connectivity index (χ1) is 10.6. The molecule has 0 radical (unpaired) electrons. The number of rotatable bonds is 6. The van der Waals surface area contributed by atoms with Gasteiger partial charge in [-0.3, -0.25) is 4.79 Å². The van der Waals surface area contributed by atoms with Crippen LogP contribution >= 0.6 is 0 Å². The van der Waals surface area contributed by atoms with Gasteiger partial charge in [-0.1, -0.05) is 42.5 Å². The maximum Gasteiger partial charge on any atom is 0.345 e. The van der Waals surface area contributed by atoms with Crippen molar-refractivity contribution >= 4 is 11.9 Å². The van der Waals surface area contributed by atoms with Gasteiger partial charge in [-0.05, 0) is 12.1 Å². The molecule has 6 heteroatoms. The molecule has 1 amide bonds. The zero-order chi connectivity index (χ0) is 15.9. The van der Waals surface area contributed by atoms with Crippen molar-refractivity contribution in [3.8, 4) is 5.75 Å². The Labute approximate surface area is 126 Å². The van der Waals surface area contributed by atoms with Crippen molar-refractivity contribution in [2.24, 2.45) is 5.73 Å². The number of carbonyl (C=O) groups excluding carboxylic acids is 2. The Morgan fingerprint density at radius 3 is 2.32 bits per heavy atom. The largest absolute Gasteiger partial charge is 0.479 e. The summed E-state index contributed by atoms with van der Waals surface area (Å²) < 4.78 is 23.4. The summed E-state index contributed by atoms with van der Waals surface area (Å²) in [5.74, 6) is -2.29. The zero-order valence-electron chi connectivity index (χ0n) is 11.6. The predicted octanol–water partition coefficient (Wildman–Crippen LogP) is 1.97. The van der Waals surface area contributed by atoms with Crippen LogP contribution in [0.3, 0.4) is 0 Å². The zero-order valence-corrected chi connectivity index (χ0v) is 11.6. The molecule has 0 aliphatic carbocycles. The van der Waals surface area contributed by atoms with Gasteiger partial charge in [0.05, 0.1) is 0 Å². The second-order valence-electron chi connectivity index (χ2n) is 4.40. The third kappa shape index (κ3) is 4.05. The minimum Gasteiger partial charge on any atom is -0.479 e. The molecule has 2 aromatic rings. The van der Waals surface area contributed by atoms with Crippen molar-refractivity contribution in [3.05, 3.63) is 66.0 Å². The van der Waals surface area contributed by atoms with Crippen molar-refractivity contribution < 1.29 is 23.5 Å². The van der Waals surface area contributed by atoms with E-state index in [1.807, 2.05) is 0 Å². The van der Waals surface area contributed by atoms with E-state index in [2.05, 4.69) is 0 Å². The van der Waals surface area contributed by atoms with Gasteiger partial charge in [0.15, 0.2) is 18.2 Å². The van der Waals surface area contributed by atoms with Gasteiger partial charge < -0.3 is 15.2 Å². The fourth-order valence-corrected chi connectivity index (χ4v) is 1.78. The van der Waals surface area contributed by atoms with E-state index in [-0.39, 0.29) is 5.75 Å². The van der Waals surface area contributed by atoms with Gasteiger partial charge in [0.1, 0.15) is 0 Å². The normalized spacial score (nSPS) is 11.5. The fraction of sp³-hybridized carbons (Fsp3) is 0.125. The first-order valence-corrected chi connectivity index (χ1v) is 6.49. The quantitative estimate of drug-likeness (QED) is 0.828. The van der Waals surface area contributed by atoms with E-state index in [1.54, 1.807) is 36.4 Å². The lowest BCUT2D eigenvalue weighted by Gasteiger charge is -2.15. The van der Waals surface area contributed by atoms with Crippen molar-refractivity contribution in [1.82, 2.24) is 0 Å². The molecule has 0 saturated heterocycles. The first kappa shape index (κ1) is 15.5. The molecule has 5 nitrogen and oxygen atoms in total. The summed E-state index contributed by atoms with van der Waals surface area (Å²) in [6, 6.07) is 14.0. The highest BCUT2D eigenvalue weighted by molar-refractivity contribution is 5.83. The number of hydrogen-bond acceptors (Lipinski definition) is 4. The Bertz CT molecular complexity index is 660. The van der Waals surface area contributed by atoms with Crippen molar-refractivity contribution in [2.45, 2.75) is 6.10 Å². The molecule has 0 bridgehead atoms. The number of benzene rings is 2. The van der Waals surface area contributed by atoms with Gasteiger partial charge in [0, 0.05) is 5.56 Å². The van der Waals surface area contributed by atoms with Crippen LogP contribution in [0.4, 0.5) is 4.39 Å². The average molecular weight is 303 g/mol. The van der Waals surface area contributed by atoms with Crippen LogP contribution < -0.4 is 10.5 Å². The summed E-state index contributed by atoms with van der Waals surface area (Å²) in [6.45, 7) is -0.530. The Balaban J connectivity index is 1.98. The molecular weight excluding hydrogens is 289 g/mol. The van der Waals surface area contributed by atoms with Crippen molar-refractivity contribution in [3.63, 3.8) is 0 Å². The Kier molecular flexibility index (Phi) is 5.08. The summed E-state index contributed by atoms with van der Waals surface area (Å²) in [7, 11) is 0. The van der Waals surface area contributed by atoms with Crippen LogP contribution in [0.2, 0.25) is 0 Å². The third-order valence-corrected chi connectivity index (χ3v) is 2.79. The van der Waals surface area contributed by atoms with Gasteiger partial charge >= 0.3 is 5.97 Å². The van der Waals surface area contributed by atoms with Gasteiger partial charge in [-0.15, -0.1) is 0 Å². The van der Waals surface area contributed by atoms with Gasteiger partial charge in [-0.25, -0.2) is 9.18 Å². The molecule has 2 N–H and O–H groups in total. The first-order valence-electron chi connectivity index (χ1n) is 6.49. The van der Waals surface area contributed by atoms with E-state index in [1.165, 1.54) is 18.2 Å². The maximum absolute atomic E-state index is 13.3. The van der Waals surface area contributed by atoms with Crippen LogP contribution in [0.25, 0.3) is 0 Å². The van der Waals surface area contributed by atoms with Crippen molar-refractivity contribution in [2.75, 3.05) is 6.61 Å². The number of carbonyl (C=O) groups is 2. The van der Waals surface area contributed by atoms with Crippen LogP contribution in [0.15, 0.2) is 54.6 Å². The van der Waals surface area contributed by atoms with Gasteiger partial charge in [-0.2, -0.15) is 0 Å². The Morgan fingerprint density at radius 1 is 1.05 bits per heavy atom. The molecule has 0 spiro atoms. The van der Waals surface area contributed by atoms with Crippen LogP contribution in [0.5, 0.6) is 5.75 Å². The van der Waals surface area contributed by atoms with Gasteiger partial charge in [0.25, 0.3) is 5.91 Å². The monoisotopic (exact) mass is 303 g/mol. The Hall–Kier alpha value is -2.89. The number of ether oxygens (including phenoxy) is 2. The highest BCUT2D eigenvalue weighted by Gasteiger charge is 2.22. The molecule has 0 fully saturated rings. The van der Waals surface area contributed by atoms with E-state index >= 15 is 0 Å². The van der Waals surface area contributed by atoms with Gasteiger partial charge in [0.2, 0.25) is 6.10 Å². The number of halogens is 1. The van der Waals surface area contributed by atoms with E-state index in [0.29, 0.717) is 5.56 Å². The summed E-state index contributed by atoms with van der Waals surface area (Å²) in [4.78, 5) is 23.1. The van der Waals surface area contributed by atoms with E-state index in [4.69, 9.17) is 15.2 Å². The highest BCUT2D eigenvalue weighted by Crippen LogP contribution is 2.18. The Morgan fingerprint density at radius 2 is 1.68 bits per heavy atom. The SMILES string of the molecule is NC(=O)C(OC(=O)COc1ccccc1F)c1ccccc1. The summed E-state index contributed by atoms with van der Waals surface area (Å²) in [6.07, 6.45) is -1.21. The van der Waals surface area contributed by atoms with E-state index in [9.17, 15) is 14.0 Å². The lowest BCUT2D eigenvalue weighted by molar-refractivity contribution is -0.157. The second kappa shape index (κ2) is 7.21. The summed E-state index contributed by atoms with van der Waals surface area (Å²) >= 11 is 0. The molecule has 22 heavy (non-hydrogen) atoms. The molecular formula is C16H14FNO4. The van der Waals surface area contributed by atoms with E-state index < -0.39 is 30.4 Å². The average Bonchev–Trinajstić information content (AvgIpc) is 2.52. The number of para-hydroxylation sites is 1. The number of esters is 1. The summed E-state index contributed by atoms with van der Waals surface area (Å²) in [5.41, 5.74) is 5.68. The molecule has 1 atom stereocenters. The minimum absolute atomic E-state index is 0.0743. The number of hydrogen-bond donors (Lipinski definition) is 1. The van der Waals surface area contributed by atoms with Crippen LogP contribution in [-0.4, -0.2) is 18.5 Å². The minimum atomic E-state index is -1.21. The summed E-state index contributed by atoms with van der Waals surface area (Å²) in [5, 5.41) is 0. The lowest BCUT2D eigenvalue weighted by atomic mass is 10.1. The number of amides is 1. The molecule has 0 aliphatic heterocycles. The molecule has 1 unspecified atom stereocenters. The number of primary amides is 1. The van der Waals surface area contributed by atoms with Crippen LogP contribution in [0, 0.1) is 5.82 Å². The second-order valence-corrected chi connectivity index (χ2v) is 4.40. The highest BCUT2D eigenvalue weighted by atomic mass is 19.1. The predicted molar refractivity (Wildman–Crippen MR) is 76.4 cm³/mol. The fourth-order valence-electron chi connectivity index (χ4n) is 1.78. The smallest absolute Gasteiger partial charge is 0.345 e. The standard InChI is InChI=1S/C16H14FNO4/c17-12-8-4-5-9-13(12)21-10-14(19)22-15(16(18)20)11-6-2-1-3-7-11/h1-9,15H,10H2,(H2,18,20). The topological polar surface area (TPSA) is 78.6 Å². The van der Waals surface area contributed by atoms with Crippen LogP contribution in [0.1, 0.15) is 11.7 Å². The van der Waals surface area contributed by atoms with Crippen LogP contribution in [-0.2, 0) is 14.3 Å². The molecule has 0 heterocycles. The number of nitrogens with two attached hydrogens (primary N) is 1. The maximum atomic E-state index is 13.3. The molecule has 2 rings (SSSR count). The molecule has 114 valence electrons. The molecule has 0 aliphatic rings. The molecule has 2 aromatic carbocycles. The lowest BCUT2D eigenvalue weighted by Crippen LogP contribution is -2.28. The van der Waals surface area contributed by atoms with Crippen molar-refractivity contribution in [1.29, 1.82) is 0 Å². The molecule has 0 aromatic heterocycles. The third-order valence-electron chi connectivity index (χ3n) is 2.79.